The molecule has 1 amide bonds. The SMILES string of the molecule is Cc1cnc(Nc2ccc3c(c2)CCC(=O)N3)nc1NC1Cc2ccccc2C1. The fraction of sp³-hybridized carbons (Fsp3) is 0.261. The van der Waals surface area contributed by atoms with Crippen molar-refractivity contribution >= 4 is 29.0 Å². The molecule has 0 saturated carbocycles. The number of hydrogen-bond donors (Lipinski definition) is 3. The summed E-state index contributed by atoms with van der Waals surface area (Å²) < 4.78 is 0. The second-order valence-electron chi connectivity index (χ2n) is 7.79. The van der Waals surface area contributed by atoms with Gasteiger partial charge in [-0.05, 0) is 61.1 Å². The van der Waals surface area contributed by atoms with Gasteiger partial charge in [-0.3, -0.25) is 4.79 Å². The summed E-state index contributed by atoms with van der Waals surface area (Å²) in [5, 5.41) is 9.81. The van der Waals surface area contributed by atoms with Crippen LogP contribution in [0.5, 0.6) is 0 Å². The summed E-state index contributed by atoms with van der Waals surface area (Å²) in [7, 11) is 0. The van der Waals surface area contributed by atoms with Gasteiger partial charge in [0.25, 0.3) is 0 Å². The van der Waals surface area contributed by atoms with Gasteiger partial charge in [0.05, 0.1) is 0 Å². The van der Waals surface area contributed by atoms with E-state index >= 15 is 0 Å². The van der Waals surface area contributed by atoms with Crippen molar-refractivity contribution in [2.75, 3.05) is 16.0 Å². The maximum Gasteiger partial charge on any atom is 0.229 e. The number of rotatable bonds is 4. The third-order valence-corrected chi connectivity index (χ3v) is 5.62. The largest absolute Gasteiger partial charge is 0.366 e. The van der Waals surface area contributed by atoms with Gasteiger partial charge in [-0.25, -0.2) is 4.98 Å². The van der Waals surface area contributed by atoms with E-state index < -0.39 is 0 Å². The van der Waals surface area contributed by atoms with Gasteiger partial charge in [0.1, 0.15) is 5.82 Å². The van der Waals surface area contributed by atoms with Crippen LogP contribution < -0.4 is 16.0 Å². The zero-order valence-electron chi connectivity index (χ0n) is 16.3. The van der Waals surface area contributed by atoms with Gasteiger partial charge in [-0.15, -0.1) is 0 Å². The van der Waals surface area contributed by atoms with E-state index in [4.69, 9.17) is 4.98 Å². The smallest absolute Gasteiger partial charge is 0.229 e. The number of nitrogens with zero attached hydrogens (tertiary/aromatic N) is 2. The number of fused-ring (bicyclic) bond motifs is 2. The molecule has 0 fully saturated rings. The average molecular weight is 385 g/mol. The number of nitrogens with one attached hydrogen (secondary N) is 3. The van der Waals surface area contributed by atoms with E-state index in [2.05, 4.69) is 51.3 Å². The molecule has 0 spiro atoms. The lowest BCUT2D eigenvalue weighted by Gasteiger charge is -2.18. The van der Waals surface area contributed by atoms with Crippen LogP contribution >= 0.6 is 0 Å². The predicted molar refractivity (Wildman–Crippen MR) is 115 cm³/mol. The van der Waals surface area contributed by atoms with E-state index in [1.807, 2.05) is 25.3 Å². The van der Waals surface area contributed by atoms with Crippen LogP contribution in [0.25, 0.3) is 0 Å². The van der Waals surface area contributed by atoms with Crippen LogP contribution in [0, 0.1) is 6.92 Å². The minimum absolute atomic E-state index is 0.0739. The molecule has 5 rings (SSSR count). The van der Waals surface area contributed by atoms with Crippen molar-refractivity contribution in [3.8, 4) is 0 Å². The molecule has 0 unspecified atom stereocenters. The summed E-state index contributed by atoms with van der Waals surface area (Å²) in [6, 6.07) is 14.9. The summed E-state index contributed by atoms with van der Waals surface area (Å²) >= 11 is 0. The summed E-state index contributed by atoms with van der Waals surface area (Å²) in [4.78, 5) is 20.7. The molecule has 2 aromatic carbocycles. The highest BCUT2D eigenvalue weighted by molar-refractivity contribution is 5.94. The van der Waals surface area contributed by atoms with Crippen molar-refractivity contribution in [2.45, 2.75) is 38.6 Å². The maximum absolute atomic E-state index is 11.5. The monoisotopic (exact) mass is 385 g/mol. The first-order valence-corrected chi connectivity index (χ1v) is 10.0. The lowest BCUT2D eigenvalue weighted by atomic mass is 10.0. The Morgan fingerprint density at radius 2 is 1.83 bits per heavy atom. The number of amides is 1. The molecule has 146 valence electrons. The standard InChI is InChI=1S/C23H23N5O/c1-14-13-24-23(26-18-7-8-20-17(12-18)6-9-21(29)27-20)28-22(14)25-19-10-15-4-2-3-5-16(15)11-19/h2-5,7-8,12-13,19H,6,9-11H2,1H3,(H,27,29)(H2,24,25,26,28). The normalized spacial score (nSPS) is 15.4. The predicted octanol–water partition coefficient (Wildman–Crippen LogP) is 3.99. The van der Waals surface area contributed by atoms with Crippen molar-refractivity contribution in [1.29, 1.82) is 0 Å². The second kappa shape index (κ2) is 7.20. The highest BCUT2D eigenvalue weighted by Crippen LogP contribution is 2.28. The van der Waals surface area contributed by atoms with Crippen LogP contribution in [0.4, 0.5) is 23.1 Å². The molecule has 29 heavy (non-hydrogen) atoms. The molecule has 1 aromatic heterocycles. The Morgan fingerprint density at radius 1 is 1.03 bits per heavy atom. The number of carbonyl (C=O) groups is 1. The van der Waals surface area contributed by atoms with Gasteiger partial charge < -0.3 is 16.0 Å². The quantitative estimate of drug-likeness (QED) is 0.633. The van der Waals surface area contributed by atoms with Crippen molar-refractivity contribution in [3.63, 3.8) is 0 Å². The molecular weight excluding hydrogens is 362 g/mol. The van der Waals surface area contributed by atoms with E-state index in [9.17, 15) is 4.79 Å². The molecule has 6 nitrogen and oxygen atoms in total. The maximum atomic E-state index is 11.5. The van der Waals surface area contributed by atoms with Crippen molar-refractivity contribution in [1.82, 2.24) is 9.97 Å². The fourth-order valence-electron chi connectivity index (χ4n) is 4.09. The number of aromatic nitrogens is 2. The van der Waals surface area contributed by atoms with E-state index in [-0.39, 0.29) is 5.91 Å². The Hall–Kier alpha value is -3.41. The first-order chi connectivity index (χ1) is 14.1. The lowest BCUT2D eigenvalue weighted by molar-refractivity contribution is -0.116. The molecule has 3 N–H and O–H groups in total. The van der Waals surface area contributed by atoms with Gasteiger partial charge in [0.15, 0.2) is 0 Å². The van der Waals surface area contributed by atoms with Gasteiger partial charge in [0.2, 0.25) is 11.9 Å². The number of anilines is 4. The third kappa shape index (κ3) is 3.66. The van der Waals surface area contributed by atoms with Crippen LogP contribution in [0.1, 0.15) is 28.7 Å². The Kier molecular flexibility index (Phi) is 4.39. The van der Waals surface area contributed by atoms with E-state index in [1.165, 1.54) is 11.1 Å². The van der Waals surface area contributed by atoms with Gasteiger partial charge in [-0.2, -0.15) is 4.98 Å². The molecule has 6 heteroatoms. The number of benzene rings is 2. The summed E-state index contributed by atoms with van der Waals surface area (Å²) in [5.41, 5.74) is 6.79. The number of carbonyl (C=O) groups excluding carboxylic acids is 1. The van der Waals surface area contributed by atoms with Crippen molar-refractivity contribution in [2.24, 2.45) is 0 Å². The Labute approximate surface area is 169 Å². The summed E-state index contributed by atoms with van der Waals surface area (Å²) in [6.07, 6.45) is 5.14. The van der Waals surface area contributed by atoms with Crippen LogP contribution in [0.3, 0.4) is 0 Å². The zero-order chi connectivity index (χ0) is 19.8. The Morgan fingerprint density at radius 3 is 2.62 bits per heavy atom. The highest BCUT2D eigenvalue weighted by Gasteiger charge is 2.22. The van der Waals surface area contributed by atoms with E-state index in [0.717, 1.165) is 47.6 Å². The van der Waals surface area contributed by atoms with Gasteiger partial charge in [0, 0.05) is 35.6 Å². The molecule has 0 saturated heterocycles. The van der Waals surface area contributed by atoms with Crippen LogP contribution in [0.2, 0.25) is 0 Å². The molecule has 0 radical (unpaired) electrons. The Bertz CT molecular complexity index is 1070. The molecule has 0 bridgehead atoms. The third-order valence-electron chi connectivity index (χ3n) is 5.62. The molecule has 1 aliphatic heterocycles. The minimum atomic E-state index is 0.0739. The summed E-state index contributed by atoms with van der Waals surface area (Å²) in [5.74, 6) is 1.50. The van der Waals surface area contributed by atoms with Gasteiger partial charge >= 0.3 is 0 Å². The van der Waals surface area contributed by atoms with Crippen molar-refractivity contribution < 1.29 is 4.79 Å². The van der Waals surface area contributed by atoms with Crippen molar-refractivity contribution in [3.05, 3.63) is 70.9 Å². The van der Waals surface area contributed by atoms with Crippen LogP contribution in [-0.4, -0.2) is 21.9 Å². The zero-order valence-corrected chi connectivity index (χ0v) is 16.3. The van der Waals surface area contributed by atoms with E-state index in [0.29, 0.717) is 18.4 Å². The molecule has 2 heterocycles. The van der Waals surface area contributed by atoms with Gasteiger partial charge in [-0.1, -0.05) is 24.3 Å². The highest BCUT2D eigenvalue weighted by atomic mass is 16.1. The number of hydrogen-bond acceptors (Lipinski definition) is 5. The molecule has 0 atom stereocenters. The molecule has 3 aromatic rings. The lowest BCUT2D eigenvalue weighted by Crippen LogP contribution is -2.21. The topological polar surface area (TPSA) is 78.9 Å². The van der Waals surface area contributed by atoms with E-state index in [1.54, 1.807) is 0 Å². The molecular formula is C23H23N5O. The first kappa shape index (κ1) is 17.7. The average Bonchev–Trinajstić information content (AvgIpc) is 3.13. The minimum Gasteiger partial charge on any atom is -0.366 e. The first-order valence-electron chi connectivity index (χ1n) is 10.0. The number of aryl methyl sites for hydroxylation is 2. The Balaban J connectivity index is 1.32. The molecule has 1 aliphatic carbocycles. The van der Waals surface area contributed by atoms with Crippen LogP contribution in [0.15, 0.2) is 48.7 Å². The molecule has 2 aliphatic rings. The fourth-order valence-corrected chi connectivity index (χ4v) is 4.09. The van der Waals surface area contributed by atoms with Crippen LogP contribution in [-0.2, 0) is 24.1 Å². The summed E-state index contributed by atoms with van der Waals surface area (Å²) in [6.45, 7) is 2.02. The second-order valence-corrected chi connectivity index (χ2v) is 7.79.